The molecule has 1 aliphatic rings. The first-order valence-corrected chi connectivity index (χ1v) is 7.47. The zero-order valence-electron chi connectivity index (χ0n) is 12.2. The number of hydrogen-bond acceptors (Lipinski definition) is 2. The van der Waals surface area contributed by atoms with E-state index in [-0.39, 0.29) is 17.1 Å². The Kier molecular flexibility index (Phi) is 3.33. The van der Waals surface area contributed by atoms with Crippen LogP contribution in [0.2, 0.25) is 0 Å². The van der Waals surface area contributed by atoms with Crippen molar-refractivity contribution in [3.63, 3.8) is 0 Å². The van der Waals surface area contributed by atoms with Crippen molar-refractivity contribution >= 4 is 16.7 Å². The summed E-state index contributed by atoms with van der Waals surface area (Å²) < 4.78 is 0. The number of benzene rings is 1. The van der Waals surface area contributed by atoms with Crippen LogP contribution in [-0.4, -0.2) is 10.8 Å². The fourth-order valence-electron chi connectivity index (χ4n) is 3.39. The molecule has 1 heterocycles. The Morgan fingerprint density at radius 2 is 2.05 bits per heavy atom. The van der Waals surface area contributed by atoms with Crippen LogP contribution in [0, 0.1) is 11.3 Å². The molecule has 1 aromatic carbocycles. The number of carbonyl (C=O) groups excluding carboxylic acids is 1. The maximum atomic E-state index is 12.8. The topological polar surface area (TPSA) is 30.0 Å². The van der Waals surface area contributed by atoms with Crippen LogP contribution in [0.3, 0.4) is 0 Å². The van der Waals surface area contributed by atoms with Crippen molar-refractivity contribution in [3.05, 3.63) is 42.1 Å². The number of hydrogen-bond donors (Lipinski definition) is 0. The van der Waals surface area contributed by atoms with E-state index in [2.05, 4.69) is 18.8 Å². The number of ketones is 1. The van der Waals surface area contributed by atoms with E-state index in [0.29, 0.717) is 0 Å². The fourth-order valence-corrected chi connectivity index (χ4v) is 3.39. The van der Waals surface area contributed by atoms with E-state index >= 15 is 0 Å². The number of fused-ring (bicyclic) bond motifs is 1. The smallest absolute Gasteiger partial charge is 0.168 e. The Morgan fingerprint density at radius 3 is 2.85 bits per heavy atom. The lowest BCUT2D eigenvalue weighted by molar-refractivity contribution is 0.0697. The second-order valence-electron chi connectivity index (χ2n) is 6.57. The van der Waals surface area contributed by atoms with Gasteiger partial charge < -0.3 is 0 Å². The molecule has 1 saturated carbocycles. The molecular weight excluding hydrogens is 246 g/mol. The van der Waals surface area contributed by atoms with Gasteiger partial charge >= 0.3 is 0 Å². The number of pyridine rings is 1. The molecule has 0 bridgehead atoms. The first-order valence-electron chi connectivity index (χ1n) is 7.47. The monoisotopic (exact) mass is 267 g/mol. The van der Waals surface area contributed by atoms with Crippen molar-refractivity contribution < 1.29 is 4.79 Å². The summed E-state index contributed by atoms with van der Waals surface area (Å²) >= 11 is 0. The maximum absolute atomic E-state index is 12.8. The van der Waals surface area contributed by atoms with E-state index in [1.54, 1.807) is 6.20 Å². The summed E-state index contributed by atoms with van der Waals surface area (Å²) in [6.45, 7) is 4.45. The number of para-hydroxylation sites is 1. The van der Waals surface area contributed by atoms with Gasteiger partial charge in [-0.25, -0.2) is 0 Å². The van der Waals surface area contributed by atoms with Crippen molar-refractivity contribution in [2.75, 3.05) is 0 Å². The highest BCUT2D eigenvalue weighted by Gasteiger charge is 2.37. The van der Waals surface area contributed by atoms with Crippen LogP contribution in [0.15, 0.2) is 36.5 Å². The largest absolute Gasteiger partial charge is 0.294 e. The molecule has 20 heavy (non-hydrogen) atoms. The van der Waals surface area contributed by atoms with Crippen LogP contribution >= 0.6 is 0 Å². The van der Waals surface area contributed by atoms with E-state index in [4.69, 9.17) is 0 Å². The first-order chi connectivity index (χ1) is 9.58. The van der Waals surface area contributed by atoms with Gasteiger partial charge in [-0.3, -0.25) is 9.78 Å². The lowest BCUT2D eigenvalue weighted by atomic mass is 9.66. The van der Waals surface area contributed by atoms with Gasteiger partial charge in [0.1, 0.15) is 0 Å². The quantitative estimate of drug-likeness (QED) is 0.742. The summed E-state index contributed by atoms with van der Waals surface area (Å²) in [5.74, 6) is 0.409. The summed E-state index contributed by atoms with van der Waals surface area (Å²) in [4.78, 5) is 17.2. The number of carbonyl (C=O) groups is 1. The summed E-state index contributed by atoms with van der Waals surface area (Å²) in [7, 11) is 0. The minimum Gasteiger partial charge on any atom is -0.294 e. The molecule has 1 aliphatic carbocycles. The van der Waals surface area contributed by atoms with Crippen LogP contribution in [0.4, 0.5) is 0 Å². The zero-order chi connectivity index (χ0) is 14.2. The molecule has 2 aromatic rings. The summed E-state index contributed by atoms with van der Waals surface area (Å²) in [5.41, 5.74) is 1.83. The zero-order valence-corrected chi connectivity index (χ0v) is 12.2. The second kappa shape index (κ2) is 5.01. The van der Waals surface area contributed by atoms with Crippen LogP contribution in [0.5, 0.6) is 0 Å². The third-order valence-electron chi connectivity index (χ3n) is 4.70. The Labute approximate surface area is 120 Å². The molecule has 0 aliphatic heterocycles. The van der Waals surface area contributed by atoms with Gasteiger partial charge in [-0.2, -0.15) is 0 Å². The molecule has 0 amide bonds. The maximum Gasteiger partial charge on any atom is 0.168 e. The third-order valence-corrected chi connectivity index (χ3v) is 4.70. The van der Waals surface area contributed by atoms with Gasteiger partial charge in [0.25, 0.3) is 0 Å². The molecule has 1 fully saturated rings. The van der Waals surface area contributed by atoms with Gasteiger partial charge in [0.15, 0.2) is 5.78 Å². The van der Waals surface area contributed by atoms with Gasteiger partial charge in [0.2, 0.25) is 0 Å². The summed E-state index contributed by atoms with van der Waals surface area (Å²) in [5, 5.41) is 1.05. The average Bonchev–Trinajstić information content (AvgIpc) is 2.45. The molecule has 0 N–H and O–H groups in total. The van der Waals surface area contributed by atoms with Crippen molar-refractivity contribution in [3.8, 4) is 0 Å². The molecule has 1 unspecified atom stereocenters. The van der Waals surface area contributed by atoms with E-state index in [9.17, 15) is 4.79 Å². The molecule has 2 nitrogen and oxygen atoms in total. The van der Waals surface area contributed by atoms with E-state index in [1.165, 1.54) is 12.8 Å². The Morgan fingerprint density at radius 1 is 1.25 bits per heavy atom. The number of Topliss-reactive ketones (excluding diaryl/α,β-unsaturated/α-hetero) is 1. The predicted molar refractivity (Wildman–Crippen MR) is 81.8 cm³/mol. The minimum absolute atomic E-state index is 0.112. The van der Waals surface area contributed by atoms with Crippen LogP contribution in [-0.2, 0) is 0 Å². The minimum atomic E-state index is 0.112. The van der Waals surface area contributed by atoms with Crippen molar-refractivity contribution in [2.24, 2.45) is 11.3 Å². The van der Waals surface area contributed by atoms with Gasteiger partial charge in [0, 0.05) is 23.1 Å². The standard InChI is InChI=1S/C18H21NO/c1-18(2)10-6-5-8-15(18)17(20)14-11-13-7-3-4-9-16(13)19-12-14/h3-4,7,9,11-12,15H,5-6,8,10H2,1-2H3. The van der Waals surface area contributed by atoms with Crippen molar-refractivity contribution in [2.45, 2.75) is 39.5 Å². The van der Waals surface area contributed by atoms with Gasteiger partial charge in [0.05, 0.1) is 5.52 Å². The lowest BCUT2D eigenvalue weighted by Gasteiger charge is -2.37. The van der Waals surface area contributed by atoms with Crippen LogP contribution in [0.1, 0.15) is 49.9 Å². The highest BCUT2D eigenvalue weighted by Crippen LogP contribution is 2.42. The van der Waals surface area contributed by atoms with Gasteiger partial charge in [-0.05, 0) is 30.4 Å². The van der Waals surface area contributed by atoms with Gasteiger partial charge in [-0.15, -0.1) is 0 Å². The van der Waals surface area contributed by atoms with Crippen molar-refractivity contribution in [1.82, 2.24) is 4.98 Å². The normalized spacial score (nSPS) is 21.8. The lowest BCUT2D eigenvalue weighted by Crippen LogP contribution is -2.34. The molecule has 0 radical (unpaired) electrons. The fraction of sp³-hybridized carbons (Fsp3) is 0.444. The second-order valence-corrected chi connectivity index (χ2v) is 6.57. The van der Waals surface area contributed by atoms with Crippen LogP contribution < -0.4 is 0 Å². The number of rotatable bonds is 2. The van der Waals surface area contributed by atoms with E-state index in [1.807, 2.05) is 30.3 Å². The molecular formula is C18H21NO. The molecule has 1 atom stereocenters. The Hall–Kier alpha value is -1.70. The molecule has 0 spiro atoms. The summed E-state index contributed by atoms with van der Waals surface area (Å²) in [6, 6.07) is 9.96. The van der Waals surface area contributed by atoms with Crippen LogP contribution in [0.25, 0.3) is 10.9 Å². The number of aromatic nitrogens is 1. The molecule has 1 aromatic heterocycles. The molecule has 3 rings (SSSR count). The molecule has 2 heteroatoms. The van der Waals surface area contributed by atoms with Gasteiger partial charge in [-0.1, -0.05) is 44.9 Å². The highest BCUT2D eigenvalue weighted by atomic mass is 16.1. The number of nitrogens with zero attached hydrogens (tertiary/aromatic N) is 1. The SMILES string of the molecule is CC1(C)CCCCC1C(=O)c1cnc2ccccc2c1. The Bertz CT molecular complexity index is 645. The predicted octanol–water partition coefficient (Wildman–Crippen LogP) is 4.63. The Balaban J connectivity index is 1.95. The first kappa shape index (κ1) is 13.3. The highest BCUT2D eigenvalue weighted by molar-refractivity contribution is 6.00. The third kappa shape index (κ3) is 2.35. The van der Waals surface area contributed by atoms with Crippen molar-refractivity contribution in [1.29, 1.82) is 0 Å². The summed E-state index contributed by atoms with van der Waals surface area (Å²) in [6.07, 6.45) is 6.31. The van der Waals surface area contributed by atoms with E-state index in [0.717, 1.165) is 29.3 Å². The molecule has 0 saturated heterocycles. The average molecular weight is 267 g/mol. The molecule has 104 valence electrons. The van der Waals surface area contributed by atoms with E-state index < -0.39 is 0 Å².